The van der Waals surface area contributed by atoms with Gasteiger partial charge in [-0.15, -0.1) is 0 Å². The number of aromatic nitrogens is 2. The van der Waals surface area contributed by atoms with Crippen LogP contribution in [0.3, 0.4) is 0 Å². The molecule has 1 N–H and O–H groups in total. The summed E-state index contributed by atoms with van der Waals surface area (Å²) in [7, 11) is -3.67. The zero-order valence-electron chi connectivity index (χ0n) is 18.7. The number of rotatable bonds is 9. The molecule has 1 aromatic heterocycles. The number of nitrogens with zero attached hydrogens (tertiary/aromatic N) is 3. The zero-order chi connectivity index (χ0) is 23.3. The van der Waals surface area contributed by atoms with Gasteiger partial charge in [0.25, 0.3) is 0 Å². The van der Waals surface area contributed by atoms with Gasteiger partial charge in [-0.1, -0.05) is 38.1 Å². The number of para-hydroxylation sites is 1. The lowest BCUT2D eigenvalue weighted by molar-refractivity contribution is -0.116. The molecule has 170 valence electrons. The summed E-state index contributed by atoms with van der Waals surface area (Å²) in [6.07, 6.45) is 0. The maximum atomic E-state index is 13.0. The summed E-state index contributed by atoms with van der Waals surface area (Å²) >= 11 is 0. The van der Waals surface area contributed by atoms with Gasteiger partial charge in [-0.2, -0.15) is 9.40 Å². The summed E-state index contributed by atoms with van der Waals surface area (Å²) in [5.41, 5.74) is 1.38. The predicted molar refractivity (Wildman–Crippen MR) is 123 cm³/mol. The summed E-state index contributed by atoms with van der Waals surface area (Å²) in [6, 6.07) is 16.4. The molecule has 2 aromatic carbocycles. The fourth-order valence-electron chi connectivity index (χ4n) is 3.50. The summed E-state index contributed by atoms with van der Waals surface area (Å²) < 4.78 is 34.5. The van der Waals surface area contributed by atoms with E-state index >= 15 is 0 Å². The Balaban J connectivity index is 1.74. The molecule has 8 nitrogen and oxygen atoms in total. The third-order valence-electron chi connectivity index (χ3n) is 5.01. The molecule has 0 spiro atoms. The van der Waals surface area contributed by atoms with E-state index < -0.39 is 10.0 Å². The minimum Gasteiger partial charge on any atom is -0.457 e. The van der Waals surface area contributed by atoms with Crippen molar-refractivity contribution in [1.29, 1.82) is 0 Å². The highest BCUT2D eigenvalue weighted by atomic mass is 32.2. The molecule has 3 rings (SSSR count). The summed E-state index contributed by atoms with van der Waals surface area (Å²) in [4.78, 5) is 12.8. The Morgan fingerprint density at radius 1 is 1.03 bits per heavy atom. The van der Waals surface area contributed by atoms with Gasteiger partial charge in [0.05, 0.1) is 11.4 Å². The van der Waals surface area contributed by atoms with Crippen molar-refractivity contribution in [2.45, 2.75) is 39.1 Å². The average Bonchev–Trinajstić information content (AvgIpc) is 3.03. The normalized spacial score (nSPS) is 11.5. The Labute approximate surface area is 188 Å². The number of carbonyl (C=O) groups excluding carboxylic acids is 1. The van der Waals surface area contributed by atoms with Crippen LogP contribution in [0.5, 0.6) is 11.5 Å². The number of hydrogen-bond donors (Lipinski definition) is 1. The van der Waals surface area contributed by atoms with Gasteiger partial charge >= 0.3 is 0 Å². The molecule has 0 fully saturated rings. The van der Waals surface area contributed by atoms with Gasteiger partial charge in [0.2, 0.25) is 15.9 Å². The van der Waals surface area contributed by atoms with Crippen LogP contribution in [0.25, 0.3) is 0 Å². The second kappa shape index (κ2) is 9.97. The number of anilines is 1. The quantitative estimate of drug-likeness (QED) is 0.526. The van der Waals surface area contributed by atoms with Crippen molar-refractivity contribution < 1.29 is 17.9 Å². The molecule has 3 aromatic rings. The fourth-order valence-corrected chi connectivity index (χ4v) is 5.33. The number of aryl methyl sites for hydroxylation is 1. The highest BCUT2D eigenvalue weighted by molar-refractivity contribution is 7.89. The third-order valence-corrected chi connectivity index (χ3v) is 7.31. The van der Waals surface area contributed by atoms with Gasteiger partial charge in [-0.05, 0) is 38.1 Å². The fraction of sp³-hybridized carbons (Fsp3) is 0.304. The van der Waals surface area contributed by atoms with Crippen molar-refractivity contribution in [2.75, 3.05) is 18.4 Å². The van der Waals surface area contributed by atoms with E-state index in [1.54, 1.807) is 52.0 Å². The van der Waals surface area contributed by atoms with E-state index in [4.69, 9.17) is 4.74 Å². The molecular weight excluding hydrogens is 428 g/mol. The second-order valence-corrected chi connectivity index (χ2v) is 9.11. The first-order valence-electron chi connectivity index (χ1n) is 10.4. The Bertz CT molecular complexity index is 1190. The number of amides is 1. The Hall–Kier alpha value is -3.17. The highest BCUT2D eigenvalue weighted by Gasteiger charge is 2.29. The first-order valence-corrected chi connectivity index (χ1v) is 11.9. The van der Waals surface area contributed by atoms with E-state index in [-0.39, 0.29) is 17.3 Å². The number of benzene rings is 2. The Morgan fingerprint density at radius 2 is 1.69 bits per heavy atom. The molecule has 0 aliphatic rings. The molecule has 9 heteroatoms. The van der Waals surface area contributed by atoms with E-state index in [0.29, 0.717) is 41.7 Å². The number of nitrogens with one attached hydrogen (secondary N) is 1. The van der Waals surface area contributed by atoms with Crippen molar-refractivity contribution >= 4 is 21.6 Å². The molecule has 1 amide bonds. The van der Waals surface area contributed by atoms with Crippen LogP contribution in [-0.2, 0) is 21.4 Å². The highest BCUT2D eigenvalue weighted by Crippen LogP contribution is 2.25. The van der Waals surface area contributed by atoms with E-state index in [2.05, 4.69) is 10.4 Å². The van der Waals surface area contributed by atoms with Gasteiger partial charge in [0, 0.05) is 24.8 Å². The predicted octanol–water partition coefficient (Wildman–Crippen LogP) is 3.96. The van der Waals surface area contributed by atoms with Crippen molar-refractivity contribution in [3.63, 3.8) is 0 Å². The van der Waals surface area contributed by atoms with Crippen LogP contribution in [-0.4, -0.2) is 41.5 Å². The van der Waals surface area contributed by atoms with Gasteiger partial charge in [0.15, 0.2) is 0 Å². The van der Waals surface area contributed by atoms with E-state index in [1.165, 1.54) is 8.99 Å². The summed E-state index contributed by atoms with van der Waals surface area (Å²) in [5.74, 6) is 0.965. The molecule has 0 aliphatic heterocycles. The van der Waals surface area contributed by atoms with Crippen molar-refractivity contribution in [3.05, 3.63) is 66.0 Å². The van der Waals surface area contributed by atoms with Gasteiger partial charge in [-0.25, -0.2) is 8.42 Å². The molecule has 0 saturated carbocycles. The molecule has 0 bridgehead atoms. The SMILES string of the molecule is CCN(CC)S(=O)(=O)c1c(C)nn(CC(=O)Nc2cccc(Oc3ccccc3)c2)c1C. The van der Waals surface area contributed by atoms with Crippen molar-refractivity contribution in [1.82, 2.24) is 14.1 Å². The van der Waals surface area contributed by atoms with Crippen LogP contribution >= 0.6 is 0 Å². The topological polar surface area (TPSA) is 93.5 Å². The second-order valence-electron chi connectivity index (χ2n) is 7.24. The van der Waals surface area contributed by atoms with E-state index in [9.17, 15) is 13.2 Å². The maximum Gasteiger partial charge on any atom is 0.246 e. The lowest BCUT2D eigenvalue weighted by atomic mass is 10.3. The largest absolute Gasteiger partial charge is 0.457 e. The lowest BCUT2D eigenvalue weighted by Gasteiger charge is -2.18. The standard InChI is InChI=1S/C23H28N4O4S/c1-5-26(6-2)32(29,30)23-17(3)25-27(18(23)4)16-22(28)24-19-11-10-14-21(15-19)31-20-12-8-7-9-13-20/h7-15H,5-6,16H2,1-4H3,(H,24,28). The molecular formula is C23H28N4O4S. The summed E-state index contributed by atoms with van der Waals surface area (Å²) in [6.45, 7) is 7.51. The average molecular weight is 457 g/mol. The van der Waals surface area contributed by atoms with Crippen LogP contribution in [0.15, 0.2) is 59.5 Å². The van der Waals surface area contributed by atoms with Crippen LogP contribution < -0.4 is 10.1 Å². The van der Waals surface area contributed by atoms with E-state index in [0.717, 1.165) is 0 Å². The van der Waals surface area contributed by atoms with Gasteiger partial charge < -0.3 is 10.1 Å². The minimum absolute atomic E-state index is 0.107. The van der Waals surface area contributed by atoms with Crippen molar-refractivity contribution in [3.8, 4) is 11.5 Å². The molecule has 0 aliphatic carbocycles. The molecule has 0 saturated heterocycles. The van der Waals surface area contributed by atoms with Crippen LogP contribution in [0.4, 0.5) is 5.69 Å². The maximum absolute atomic E-state index is 13.0. The molecule has 0 atom stereocenters. The number of carbonyl (C=O) groups is 1. The van der Waals surface area contributed by atoms with Gasteiger partial charge in [-0.3, -0.25) is 9.48 Å². The smallest absolute Gasteiger partial charge is 0.246 e. The van der Waals surface area contributed by atoms with Crippen molar-refractivity contribution in [2.24, 2.45) is 0 Å². The van der Waals surface area contributed by atoms with E-state index in [1.807, 2.05) is 30.3 Å². The monoisotopic (exact) mass is 456 g/mol. The zero-order valence-corrected chi connectivity index (χ0v) is 19.5. The molecule has 1 heterocycles. The van der Waals surface area contributed by atoms with Gasteiger partial charge in [0.1, 0.15) is 22.9 Å². The first-order chi connectivity index (χ1) is 15.3. The summed E-state index contributed by atoms with van der Waals surface area (Å²) in [5, 5.41) is 7.12. The van der Waals surface area contributed by atoms with Crippen LogP contribution in [0.2, 0.25) is 0 Å². The Kier molecular flexibility index (Phi) is 7.32. The Morgan fingerprint density at radius 3 is 2.34 bits per heavy atom. The van der Waals surface area contributed by atoms with Crippen LogP contribution in [0.1, 0.15) is 25.2 Å². The molecule has 0 unspecified atom stereocenters. The number of hydrogen-bond acceptors (Lipinski definition) is 5. The van der Waals surface area contributed by atoms with Crippen LogP contribution in [0, 0.1) is 13.8 Å². The molecule has 0 radical (unpaired) electrons. The lowest BCUT2D eigenvalue weighted by Crippen LogP contribution is -2.31. The number of ether oxygens (including phenoxy) is 1. The minimum atomic E-state index is -3.67. The first kappa shape index (κ1) is 23.5. The molecule has 32 heavy (non-hydrogen) atoms. The number of sulfonamides is 1. The third kappa shape index (κ3) is 5.17.